The number of halogens is 1. The molecule has 2 unspecified atom stereocenters. The minimum atomic E-state index is -2.37. The Kier molecular flexibility index (Phi) is 41.9. The van der Waals surface area contributed by atoms with E-state index in [-0.39, 0.29) is 24.4 Å². The van der Waals surface area contributed by atoms with Crippen molar-refractivity contribution in [2.45, 2.75) is 71.4 Å². The Morgan fingerprint density at radius 2 is 1.62 bits per heavy atom. The molecule has 0 aromatic heterocycles. The number of hydrogen-bond donors (Lipinski definition) is 5. The van der Waals surface area contributed by atoms with Crippen LogP contribution in [-0.2, 0) is 18.9 Å². The summed E-state index contributed by atoms with van der Waals surface area (Å²) in [5.41, 5.74) is 4.18. The van der Waals surface area contributed by atoms with Crippen LogP contribution in [0.3, 0.4) is 0 Å². The number of nitrogens with one attached hydrogen (secondary N) is 1. The van der Waals surface area contributed by atoms with Gasteiger partial charge in [0, 0.05) is 26.2 Å². The summed E-state index contributed by atoms with van der Waals surface area (Å²) in [6, 6.07) is -0.559. The van der Waals surface area contributed by atoms with E-state index in [0.717, 1.165) is 32.7 Å². The second-order valence-corrected chi connectivity index (χ2v) is 7.86. The molecule has 228 valence electrons. The molecule has 39 heavy (non-hydrogen) atoms. The van der Waals surface area contributed by atoms with Crippen LogP contribution in [0.25, 0.3) is 0 Å². The zero-order chi connectivity index (χ0) is 30.4. The van der Waals surface area contributed by atoms with Crippen molar-refractivity contribution in [3.05, 3.63) is 49.6 Å². The van der Waals surface area contributed by atoms with Crippen LogP contribution in [0.2, 0.25) is 0 Å². The molecule has 2 fully saturated rings. The van der Waals surface area contributed by atoms with Gasteiger partial charge in [-0.2, -0.15) is 0 Å². The van der Waals surface area contributed by atoms with E-state index >= 15 is 0 Å². The molecule has 14 heteroatoms. The highest BCUT2D eigenvalue weighted by Crippen LogP contribution is 2.19. The van der Waals surface area contributed by atoms with Gasteiger partial charge < -0.3 is 25.2 Å². The summed E-state index contributed by atoms with van der Waals surface area (Å²) in [5, 5.41) is 17.0. The summed E-state index contributed by atoms with van der Waals surface area (Å²) in [7, 11) is -1.37. The monoisotopic (exact) mass is 584 g/mol. The third-order valence-corrected chi connectivity index (χ3v) is 3.54. The number of ether oxygens (including phenoxy) is 1. The minimum Gasteiger partial charge on any atom is -0.412 e. The van der Waals surface area contributed by atoms with Crippen molar-refractivity contribution in [2.24, 2.45) is 5.50 Å². The predicted octanol–water partition coefficient (Wildman–Crippen LogP) is 2.62. The Morgan fingerprint density at radius 3 is 1.92 bits per heavy atom. The summed E-state index contributed by atoms with van der Waals surface area (Å²) in [4.78, 5) is 39.8. The molecular weight excluding hydrogens is 536 g/mol. The fourth-order valence-corrected chi connectivity index (χ4v) is 2.16. The number of aliphatic hydroxyl groups is 2. The molecule has 2 rings (SSSR count). The molecule has 3 atom stereocenters. The number of urea groups is 1. The summed E-state index contributed by atoms with van der Waals surface area (Å²) in [5.74, 6) is -0.857. The van der Waals surface area contributed by atoms with E-state index in [1.165, 1.54) is 4.90 Å². The second kappa shape index (κ2) is 35.4. The molecule has 2 heterocycles. The predicted molar refractivity (Wildman–Crippen MR) is 152 cm³/mol. The summed E-state index contributed by atoms with van der Waals surface area (Å²) < 4.78 is 27.2. The first-order valence-corrected chi connectivity index (χ1v) is 13.1. The molecule has 0 spiro atoms. The van der Waals surface area contributed by atoms with Crippen molar-refractivity contribution in [1.29, 1.82) is 0 Å². The minimum absolute atomic E-state index is 0. The molecule has 2 saturated heterocycles. The summed E-state index contributed by atoms with van der Waals surface area (Å²) in [6.45, 7) is 12.8. The molecule has 0 aromatic carbocycles. The van der Waals surface area contributed by atoms with Crippen LogP contribution in [0.5, 0.6) is 0 Å². The van der Waals surface area contributed by atoms with Crippen LogP contribution in [0.15, 0.2) is 49.6 Å². The Morgan fingerprint density at radius 1 is 1.21 bits per heavy atom. The van der Waals surface area contributed by atoms with Gasteiger partial charge in [-0.05, 0) is 44.1 Å². The Balaban J connectivity index is -0.000000135. The number of aldehydes is 1. The topological polar surface area (TPSA) is 211 Å². The van der Waals surface area contributed by atoms with Gasteiger partial charge in [-0.1, -0.05) is 48.9 Å². The molecule has 0 saturated carbocycles. The number of alkyl halides is 1. The molecule has 0 aliphatic carbocycles. The van der Waals surface area contributed by atoms with E-state index in [1.54, 1.807) is 13.8 Å². The van der Waals surface area contributed by atoms with Gasteiger partial charge in [-0.3, -0.25) is 15.0 Å². The number of amides is 3. The van der Waals surface area contributed by atoms with Gasteiger partial charge in [0.05, 0.1) is 6.54 Å². The first kappa shape index (κ1) is 46.2. The van der Waals surface area contributed by atoms with Gasteiger partial charge in [0.2, 0.25) is 0 Å². The molecule has 0 aromatic rings. The maximum atomic E-state index is 13.0. The number of rotatable bonds is 7. The average molecular weight is 585 g/mol. The molecule has 2 aliphatic rings. The number of allylic oxidation sites excluding steroid dienone is 6. The quantitative estimate of drug-likeness (QED) is 0.129. The third-order valence-electron chi connectivity index (χ3n) is 3.54. The Hall–Kier alpha value is -2.64. The number of imide groups is 1. The van der Waals surface area contributed by atoms with E-state index in [2.05, 4.69) is 30.8 Å². The number of aliphatic hydroxyl groups excluding tert-OH is 2. The van der Waals surface area contributed by atoms with Crippen molar-refractivity contribution in [3.8, 4) is 0 Å². The standard InChI is InChI=1S/C10H14.C8H11FN2O3.C3H8O.C3H6O.CH4O.H2NO2P.H2O/c1-3-5-7-9-10-8-6-4-2;9-5-4-11(6-2-1-3-14-6)8(13)10-7(5)12;1-3(2)4;1-2-3-4;1-2;1-4(2)3;/h3-4,7-10H,1-2,5-6H2;5-6H,1-4H2,(H,10,12,13);3-4H,1-2H3;3H,2H2,1H3;2H,1H3;(H2-,1,2,3);1H2/p+1/b9-7-,10-8-;;;;;;/t;5?,6-;;;;;/m.1...../s1. The summed E-state index contributed by atoms with van der Waals surface area (Å²) in [6.07, 6.45) is 14.7. The summed E-state index contributed by atoms with van der Waals surface area (Å²) >= 11 is 0. The van der Waals surface area contributed by atoms with Crippen LogP contribution in [0.1, 0.15) is 52.9 Å². The highest BCUT2D eigenvalue weighted by molar-refractivity contribution is 7.35. The van der Waals surface area contributed by atoms with Gasteiger partial charge in [0.1, 0.15) is 12.5 Å². The van der Waals surface area contributed by atoms with Gasteiger partial charge in [-0.25, -0.2) is 9.18 Å². The highest BCUT2D eigenvalue weighted by Gasteiger charge is 2.37. The Bertz CT molecular complexity index is 678. The Labute approximate surface area is 232 Å². The lowest BCUT2D eigenvalue weighted by Crippen LogP contribution is -2.58. The number of carbonyl (C=O) groups is 3. The van der Waals surface area contributed by atoms with Crippen LogP contribution < -0.4 is 10.8 Å². The fourth-order valence-electron chi connectivity index (χ4n) is 2.16. The van der Waals surface area contributed by atoms with Gasteiger partial charge in [0.25, 0.3) is 5.91 Å². The molecule has 0 bridgehead atoms. The third kappa shape index (κ3) is 37.6. The van der Waals surface area contributed by atoms with E-state index in [1.807, 2.05) is 36.5 Å². The number of nitrogens with zero attached hydrogens (tertiary/aromatic N) is 1. The highest BCUT2D eigenvalue weighted by atomic mass is 31.1. The van der Waals surface area contributed by atoms with Crippen LogP contribution in [-0.4, -0.2) is 82.5 Å². The normalized spacial score (nSPS) is 17.6. The van der Waals surface area contributed by atoms with Crippen molar-refractivity contribution in [1.82, 2.24) is 10.2 Å². The number of carbonyl (C=O) groups excluding carboxylic acids is 3. The molecule has 2 aliphatic heterocycles. The number of nitrogens with two attached hydrogens (primary N) is 1. The van der Waals surface area contributed by atoms with Crippen molar-refractivity contribution < 1.29 is 48.7 Å². The first-order chi connectivity index (χ1) is 18.0. The number of hydrogen-bond acceptors (Lipinski definition) is 7. The molecular formula is C25H48FN3O9P+. The van der Waals surface area contributed by atoms with Crippen LogP contribution >= 0.6 is 8.18 Å². The maximum absolute atomic E-state index is 13.0. The molecule has 8 N–H and O–H groups in total. The fraction of sp³-hybridized carbons (Fsp3) is 0.560. The van der Waals surface area contributed by atoms with E-state index < -0.39 is 26.3 Å². The van der Waals surface area contributed by atoms with Crippen molar-refractivity contribution in [2.75, 3.05) is 20.3 Å². The largest absolute Gasteiger partial charge is 0.607 e. The molecule has 3 amide bonds. The lowest BCUT2D eigenvalue weighted by atomic mass is 10.2. The molecule has 0 radical (unpaired) electrons. The van der Waals surface area contributed by atoms with Crippen molar-refractivity contribution in [3.63, 3.8) is 0 Å². The van der Waals surface area contributed by atoms with Gasteiger partial charge in [-0.15, -0.1) is 18.1 Å². The van der Waals surface area contributed by atoms with Gasteiger partial charge >= 0.3 is 14.2 Å². The van der Waals surface area contributed by atoms with Crippen LogP contribution in [0, 0.1) is 0 Å². The van der Waals surface area contributed by atoms with E-state index in [4.69, 9.17) is 24.4 Å². The SMILES string of the molecule is C=CC/C=C\C=C/CC=C.CC(C)O.CCC=O.CO.N[P+](=O)O.O.O=C1NC(=O)N([C@H]2CCCO2)CC1F. The zero-order valence-corrected chi connectivity index (χ0v) is 24.3. The van der Waals surface area contributed by atoms with Gasteiger partial charge in [0.15, 0.2) is 6.17 Å². The lowest BCUT2D eigenvalue weighted by molar-refractivity contribution is -0.129. The van der Waals surface area contributed by atoms with Crippen LogP contribution in [0.4, 0.5) is 9.18 Å². The maximum Gasteiger partial charge on any atom is 0.607 e. The molecule has 12 nitrogen and oxygen atoms in total. The lowest BCUT2D eigenvalue weighted by Gasteiger charge is -2.32. The average Bonchev–Trinajstić information content (AvgIpc) is 3.39. The second-order valence-electron chi connectivity index (χ2n) is 7.26. The van der Waals surface area contributed by atoms with E-state index in [9.17, 15) is 18.8 Å². The zero-order valence-electron chi connectivity index (χ0n) is 23.4. The van der Waals surface area contributed by atoms with Crippen molar-refractivity contribution >= 4 is 26.4 Å². The smallest absolute Gasteiger partial charge is 0.412 e. The van der Waals surface area contributed by atoms with E-state index in [0.29, 0.717) is 19.4 Å². The first-order valence-electron chi connectivity index (χ1n) is 11.9.